The second-order valence-corrected chi connectivity index (χ2v) is 6.38. The van der Waals surface area contributed by atoms with E-state index in [0.717, 1.165) is 28.6 Å². The third kappa shape index (κ3) is 5.60. The molecule has 0 saturated heterocycles. The topological polar surface area (TPSA) is 62.3 Å². The van der Waals surface area contributed by atoms with Gasteiger partial charge >= 0.3 is 0 Å². The van der Waals surface area contributed by atoms with E-state index >= 15 is 0 Å². The summed E-state index contributed by atoms with van der Waals surface area (Å²) in [6.07, 6.45) is 0. The average molecular weight is 363 g/mol. The number of para-hydroxylation sites is 1. The standard InChI is InChI=1S/C21H25N5O/c1-16-14-20(22-12-13-27-19-10-5-4-6-11-19)25-21(23-16)24-17-8-7-9-18(15-17)26(2)3/h4-11,14-15H,12-13H2,1-3H3,(H2,22,23,24,25). The molecular formula is C21H25N5O. The van der Waals surface area contributed by atoms with Crippen molar-refractivity contribution in [1.82, 2.24) is 9.97 Å². The van der Waals surface area contributed by atoms with Gasteiger partial charge in [0.05, 0.1) is 6.54 Å². The molecule has 3 aromatic rings. The highest BCUT2D eigenvalue weighted by Gasteiger charge is 2.04. The molecule has 3 rings (SSSR count). The van der Waals surface area contributed by atoms with Crippen LogP contribution in [-0.4, -0.2) is 37.2 Å². The number of ether oxygens (including phenoxy) is 1. The lowest BCUT2D eigenvalue weighted by atomic mass is 10.2. The van der Waals surface area contributed by atoms with Crippen LogP contribution in [0, 0.1) is 6.92 Å². The molecule has 0 unspecified atom stereocenters. The molecule has 2 N–H and O–H groups in total. The highest BCUT2D eigenvalue weighted by atomic mass is 16.5. The largest absolute Gasteiger partial charge is 0.492 e. The van der Waals surface area contributed by atoms with Gasteiger partial charge in [0.15, 0.2) is 0 Å². The summed E-state index contributed by atoms with van der Waals surface area (Å²) in [5, 5.41) is 6.56. The normalized spacial score (nSPS) is 10.3. The summed E-state index contributed by atoms with van der Waals surface area (Å²) in [4.78, 5) is 11.1. The fourth-order valence-electron chi connectivity index (χ4n) is 2.57. The van der Waals surface area contributed by atoms with E-state index in [-0.39, 0.29) is 0 Å². The lowest BCUT2D eigenvalue weighted by Crippen LogP contribution is -2.13. The van der Waals surface area contributed by atoms with E-state index in [1.807, 2.05) is 69.6 Å². The molecule has 0 radical (unpaired) electrons. The molecule has 0 aliphatic rings. The number of nitrogens with one attached hydrogen (secondary N) is 2. The van der Waals surface area contributed by atoms with Crippen molar-refractivity contribution >= 4 is 23.1 Å². The highest BCUT2D eigenvalue weighted by Crippen LogP contribution is 2.20. The van der Waals surface area contributed by atoms with Crippen LogP contribution in [0.1, 0.15) is 5.69 Å². The summed E-state index contributed by atoms with van der Waals surface area (Å²) in [6, 6.07) is 19.8. The number of hydrogen-bond donors (Lipinski definition) is 2. The zero-order valence-electron chi connectivity index (χ0n) is 15.9. The Labute approximate surface area is 160 Å². The van der Waals surface area contributed by atoms with E-state index < -0.39 is 0 Å². The second kappa shape index (κ2) is 8.89. The van der Waals surface area contributed by atoms with Gasteiger partial charge in [-0.2, -0.15) is 4.98 Å². The summed E-state index contributed by atoms with van der Waals surface area (Å²) in [5.41, 5.74) is 2.96. The highest BCUT2D eigenvalue weighted by molar-refractivity contribution is 5.62. The summed E-state index contributed by atoms with van der Waals surface area (Å²) in [7, 11) is 4.03. The lowest BCUT2D eigenvalue weighted by Gasteiger charge is -2.14. The van der Waals surface area contributed by atoms with Gasteiger partial charge in [-0.05, 0) is 37.3 Å². The van der Waals surface area contributed by atoms with E-state index in [1.165, 1.54) is 0 Å². The number of nitrogens with zero attached hydrogens (tertiary/aromatic N) is 3. The summed E-state index contributed by atoms with van der Waals surface area (Å²) >= 11 is 0. The maximum atomic E-state index is 5.69. The first kappa shape index (κ1) is 18.5. The zero-order valence-corrected chi connectivity index (χ0v) is 15.9. The van der Waals surface area contributed by atoms with E-state index in [4.69, 9.17) is 4.74 Å². The van der Waals surface area contributed by atoms with Gasteiger partial charge in [0.1, 0.15) is 18.2 Å². The molecule has 0 fully saturated rings. The van der Waals surface area contributed by atoms with Gasteiger partial charge in [-0.1, -0.05) is 24.3 Å². The summed E-state index contributed by atoms with van der Waals surface area (Å²) in [5.74, 6) is 2.20. The zero-order chi connectivity index (χ0) is 19.1. The van der Waals surface area contributed by atoms with Crippen LogP contribution in [-0.2, 0) is 0 Å². The third-order valence-corrected chi connectivity index (χ3v) is 3.89. The minimum atomic E-state index is 0.556. The Morgan fingerprint density at radius 1 is 0.963 bits per heavy atom. The molecule has 6 heteroatoms. The molecule has 1 heterocycles. The molecule has 27 heavy (non-hydrogen) atoms. The monoisotopic (exact) mass is 363 g/mol. The Morgan fingerprint density at radius 2 is 1.78 bits per heavy atom. The fourth-order valence-corrected chi connectivity index (χ4v) is 2.57. The number of aromatic nitrogens is 2. The first-order valence-electron chi connectivity index (χ1n) is 8.92. The molecule has 1 aromatic heterocycles. The predicted octanol–water partition coefficient (Wildman–Crippen LogP) is 4.09. The smallest absolute Gasteiger partial charge is 0.229 e. The number of rotatable bonds is 8. The van der Waals surface area contributed by atoms with Crippen molar-refractivity contribution in [2.75, 3.05) is 42.8 Å². The molecule has 0 bridgehead atoms. The molecule has 0 spiro atoms. The molecule has 0 aliphatic carbocycles. The van der Waals surface area contributed by atoms with Crippen LogP contribution >= 0.6 is 0 Å². The molecule has 140 valence electrons. The second-order valence-electron chi connectivity index (χ2n) is 6.38. The molecule has 6 nitrogen and oxygen atoms in total. The van der Waals surface area contributed by atoms with Gasteiger partial charge in [0.2, 0.25) is 5.95 Å². The van der Waals surface area contributed by atoms with E-state index in [2.05, 4.69) is 37.6 Å². The first-order chi connectivity index (χ1) is 13.1. The molecular weight excluding hydrogens is 338 g/mol. The average Bonchev–Trinajstić information content (AvgIpc) is 2.66. The molecule has 2 aromatic carbocycles. The maximum absolute atomic E-state index is 5.69. The van der Waals surface area contributed by atoms with Gasteiger partial charge in [-0.3, -0.25) is 0 Å². The quantitative estimate of drug-likeness (QED) is 0.588. The predicted molar refractivity (Wildman–Crippen MR) is 111 cm³/mol. The van der Waals surface area contributed by atoms with Crippen LogP contribution in [0.3, 0.4) is 0 Å². The molecule has 0 saturated carbocycles. The fraction of sp³-hybridized carbons (Fsp3) is 0.238. The molecule has 0 amide bonds. The van der Waals surface area contributed by atoms with Crippen molar-refractivity contribution in [3.8, 4) is 5.75 Å². The Hall–Kier alpha value is -3.28. The number of anilines is 4. The van der Waals surface area contributed by atoms with Crippen LogP contribution in [0.2, 0.25) is 0 Å². The summed E-state index contributed by atoms with van der Waals surface area (Å²) in [6.45, 7) is 3.16. The van der Waals surface area contributed by atoms with Crippen molar-refractivity contribution in [1.29, 1.82) is 0 Å². The lowest BCUT2D eigenvalue weighted by molar-refractivity contribution is 0.333. The van der Waals surface area contributed by atoms with Crippen molar-refractivity contribution < 1.29 is 4.74 Å². The van der Waals surface area contributed by atoms with Crippen molar-refractivity contribution in [2.24, 2.45) is 0 Å². The maximum Gasteiger partial charge on any atom is 0.229 e. The number of hydrogen-bond acceptors (Lipinski definition) is 6. The van der Waals surface area contributed by atoms with Crippen LogP contribution in [0.15, 0.2) is 60.7 Å². The third-order valence-electron chi connectivity index (χ3n) is 3.89. The van der Waals surface area contributed by atoms with Crippen LogP contribution < -0.4 is 20.3 Å². The van der Waals surface area contributed by atoms with Gasteiger partial charge in [0, 0.05) is 37.2 Å². The molecule has 0 aliphatic heterocycles. The minimum absolute atomic E-state index is 0.556. The van der Waals surface area contributed by atoms with E-state index in [9.17, 15) is 0 Å². The van der Waals surface area contributed by atoms with Gasteiger partial charge in [-0.15, -0.1) is 0 Å². The number of benzene rings is 2. The van der Waals surface area contributed by atoms with Crippen LogP contribution in [0.25, 0.3) is 0 Å². The van der Waals surface area contributed by atoms with E-state index in [0.29, 0.717) is 19.1 Å². The Bertz CT molecular complexity index is 867. The first-order valence-corrected chi connectivity index (χ1v) is 8.92. The Morgan fingerprint density at radius 3 is 2.56 bits per heavy atom. The Balaban J connectivity index is 1.59. The van der Waals surface area contributed by atoms with Gasteiger partial charge < -0.3 is 20.3 Å². The number of aryl methyl sites for hydroxylation is 1. The van der Waals surface area contributed by atoms with E-state index in [1.54, 1.807) is 0 Å². The van der Waals surface area contributed by atoms with Crippen molar-refractivity contribution in [3.63, 3.8) is 0 Å². The minimum Gasteiger partial charge on any atom is -0.492 e. The van der Waals surface area contributed by atoms with Crippen LogP contribution in [0.5, 0.6) is 5.75 Å². The van der Waals surface area contributed by atoms with Gasteiger partial charge in [0.25, 0.3) is 0 Å². The van der Waals surface area contributed by atoms with Crippen molar-refractivity contribution in [3.05, 3.63) is 66.4 Å². The van der Waals surface area contributed by atoms with Crippen LogP contribution in [0.4, 0.5) is 23.1 Å². The summed E-state index contributed by atoms with van der Waals surface area (Å²) < 4.78 is 5.69. The Kier molecular flexibility index (Phi) is 6.10. The molecule has 0 atom stereocenters. The van der Waals surface area contributed by atoms with Gasteiger partial charge in [-0.25, -0.2) is 4.98 Å². The van der Waals surface area contributed by atoms with Crippen molar-refractivity contribution in [2.45, 2.75) is 6.92 Å². The SMILES string of the molecule is Cc1cc(NCCOc2ccccc2)nc(Nc2cccc(N(C)C)c2)n1.